The largest absolute Gasteiger partial charge is 0.497 e. The summed E-state index contributed by atoms with van der Waals surface area (Å²) < 4.78 is 35.8. The van der Waals surface area contributed by atoms with E-state index in [9.17, 15) is 18.0 Å². The number of rotatable bonds is 9. The van der Waals surface area contributed by atoms with Gasteiger partial charge in [0.25, 0.3) is 11.5 Å². The summed E-state index contributed by atoms with van der Waals surface area (Å²) in [6.07, 6.45) is 2.72. The number of methoxy groups -OCH3 is 1. The number of sulfonamides is 1. The molecule has 2 N–H and O–H groups in total. The van der Waals surface area contributed by atoms with Gasteiger partial charge in [-0.2, -0.15) is 0 Å². The van der Waals surface area contributed by atoms with Gasteiger partial charge in [0.05, 0.1) is 25.4 Å². The molecule has 0 aliphatic carbocycles. The molecule has 188 valence electrons. The number of hydrogen-bond acceptors (Lipinski definition) is 8. The van der Waals surface area contributed by atoms with Crippen molar-refractivity contribution < 1.29 is 22.7 Å². The number of hydrogen-bond donors (Lipinski definition) is 2. The molecule has 0 bridgehead atoms. The average Bonchev–Trinajstić information content (AvgIpc) is 3.26. The van der Waals surface area contributed by atoms with E-state index in [4.69, 9.17) is 9.47 Å². The van der Waals surface area contributed by atoms with Crippen LogP contribution in [0.2, 0.25) is 0 Å². The van der Waals surface area contributed by atoms with Crippen molar-refractivity contribution in [3.63, 3.8) is 0 Å². The van der Waals surface area contributed by atoms with E-state index in [0.29, 0.717) is 35.7 Å². The first-order valence-corrected chi connectivity index (χ1v) is 13.9. The minimum atomic E-state index is -3.15. The number of fused-ring (bicyclic) bond motifs is 1. The van der Waals surface area contributed by atoms with Gasteiger partial charge in [-0.25, -0.2) is 17.7 Å². The van der Waals surface area contributed by atoms with Crippen LogP contribution in [-0.4, -0.2) is 61.7 Å². The number of carbonyl (C=O) groups is 1. The van der Waals surface area contributed by atoms with Gasteiger partial charge in [0.15, 0.2) is 0 Å². The third kappa shape index (κ3) is 6.26. The predicted molar refractivity (Wildman–Crippen MR) is 133 cm³/mol. The third-order valence-corrected chi connectivity index (χ3v) is 8.20. The number of aromatic amines is 1. The molecule has 1 amide bonds. The molecule has 12 heteroatoms. The molecule has 4 rings (SSSR count). The van der Waals surface area contributed by atoms with Crippen LogP contribution >= 0.6 is 11.3 Å². The van der Waals surface area contributed by atoms with Crippen molar-refractivity contribution in [1.29, 1.82) is 0 Å². The topological polar surface area (TPSA) is 131 Å². The summed E-state index contributed by atoms with van der Waals surface area (Å²) in [6, 6.07) is 7.33. The second-order valence-electron chi connectivity index (χ2n) is 8.51. The van der Waals surface area contributed by atoms with Crippen molar-refractivity contribution in [3.05, 3.63) is 57.0 Å². The minimum Gasteiger partial charge on any atom is -0.497 e. The van der Waals surface area contributed by atoms with E-state index in [-0.39, 0.29) is 30.5 Å². The highest BCUT2D eigenvalue weighted by Gasteiger charge is 2.25. The van der Waals surface area contributed by atoms with Crippen LogP contribution in [0.3, 0.4) is 0 Å². The highest BCUT2D eigenvalue weighted by molar-refractivity contribution is 7.88. The Labute approximate surface area is 207 Å². The van der Waals surface area contributed by atoms with Crippen LogP contribution in [0, 0.1) is 5.92 Å². The minimum absolute atomic E-state index is 0.0441. The van der Waals surface area contributed by atoms with Gasteiger partial charge < -0.3 is 19.8 Å². The van der Waals surface area contributed by atoms with Crippen LogP contribution in [0.25, 0.3) is 10.2 Å². The molecule has 1 fully saturated rings. The first-order valence-electron chi connectivity index (χ1n) is 11.2. The monoisotopic (exact) mass is 520 g/mol. The van der Waals surface area contributed by atoms with Crippen molar-refractivity contribution in [2.75, 3.05) is 33.1 Å². The Morgan fingerprint density at radius 1 is 1.31 bits per heavy atom. The number of nitrogens with one attached hydrogen (secondary N) is 2. The predicted octanol–water partition coefficient (Wildman–Crippen LogP) is 2.11. The van der Waals surface area contributed by atoms with Gasteiger partial charge in [-0.1, -0.05) is 12.1 Å². The quantitative estimate of drug-likeness (QED) is 0.442. The molecule has 1 saturated heterocycles. The number of aromatic nitrogens is 2. The Kier molecular flexibility index (Phi) is 7.85. The highest BCUT2D eigenvalue weighted by atomic mass is 32.2. The van der Waals surface area contributed by atoms with E-state index in [2.05, 4.69) is 15.3 Å². The Morgan fingerprint density at radius 3 is 2.80 bits per heavy atom. The molecule has 0 unspecified atom stereocenters. The molecule has 10 nitrogen and oxygen atoms in total. The maximum Gasteiger partial charge on any atom is 0.287 e. The molecular weight excluding hydrogens is 492 g/mol. The number of thiophene rings is 1. The number of benzene rings is 1. The Bertz CT molecular complexity index is 1360. The molecule has 0 atom stereocenters. The van der Waals surface area contributed by atoms with E-state index < -0.39 is 15.9 Å². The summed E-state index contributed by atoms with van der Waals surface area (Å²) in [5.41, 5.74) is 1.19. The maximum absolute atomic E-state index is 12.7. The van der Waals surface area contributed by atoms with E-state index in [1.807, 2.05) is 29.6 Å². The lowest BCUT2D eigenvalue weighted by Crippen LogP contribution is -2.38. The molecule has 1 aliphatic rings. The zero-order valence-corrected chi connectivity index (χ0v) is 21.2. The molecule has 0 spiro atoms. The van der Waals surface area contributed by atoms with Crippen LogP contribution in [0.1, 0.15) is 34.6 Å². The highest BCUT2D eigenvalue weighted by Crippen LogP contribution is 2.24. The summed E-state index contributed by atoms with van der Waals surface area (Å²) in [5.74, 6) is 0.447. The van der Waals surface area contributed by atoms with Gasteiger partial charge in [-0.3, -0.25) is 9.59 Å². The van der Waals surface area contributed by atoms with E-state index in [0.717, 1.165) is 24.0 Å². The van der Waals surface area contributed by atoms with Gasteiger partial charge >= 0.3 is 0 Å². The summed E-state index contributed by atoms with van der Waals surface area (Å²) in [6.45, 7) is 2.01. The van der Waals surface area contributed by atoms with E-state index in [1.165, 1.54) is 21.9 Å². The van der Waals surface area contributed by atoms with Crippen LogP contribution in [-0.2, 0) is 27.9 Å². The molecule has 0 saturated carbocycles. The Balaban J connectivity index is 1.34. The zero-order chi connectivity index (χ0) is 25.0. The van der Waals surface area contributed by atoms with Crippen LogP contribution < -0.4 is 15.6 Å². The molecular formula is C23H28N4O6S2. The van der Waals surface area contributed by atoms with Crippen molar-refractivity contribution in [1.82, 2.24) is 19.6 Å². The lowest BCUT2D eigenvalue weighted by Gasteiger charge is -2.29. The molecule has 1 aliphatic heterocycles. The van der Waals surface area contributed by atoms with Gasteiger partial charge in [-0.15, -0.1) is 11.3 Å². The first kappa shape index (κ1) is 25.3. The lowest BCUT2D eigenvalue weighted by molar-refractivity contribution is 0.0695. The smallest absolute Gasteiger partial charge is 0.287 e. The van der Waals surface area contributed by atoms with Crippen molar-refractivity contribution in [2.45, 2.75) is 26.0 Å². The Hall–Kier alpha value is -2.80. The van der Waals surface area contributed by atoms with Crippen LogP contribution in [0.5, 0.6) is 5.75 Å². The van der Waals surface area contributed by atoms with Gasteiger partial charge in [-0.05, 0) is 41.8 Å². The van der Waals surface area contributed by atoms with Crippen molar-refractivity contribution in [3.8, 4) is 5.75 Å². The number of nitrogens with zero attached hydrogens (tertiary/aromatic N) is 2. The summed E-state index contributed by atoms with van der Waals surface area (Å²) in [4.78, 5) is 32.7. The zero-order valence-electron chi connectivity index (χ0n) is 19.6. The summed E-state index contributed by atoms with van der Waals surface area (Å²) in [5, 5.41) is 5.00. The second kappa shape index (κ2) is 10.9. The number of H-pyrrole nitrogens is 1. The standard InChI is InChI=1S/C23H28N4O6S2/c1-32-18-5-3-4-16(10-18)11-24-22(29)20-25-21(28)19-17(14-34-23(19)26-20)13-33-12-15-6-8-27(9-7-15)35(2,30)31/h3-5,10,14-15H,6-9,11-13H2,1-2H3,(H,24,29)(H,25,26,28). The summed E-state index contributed by atoms with van der Waals surface area (Å²) >= 11 is 1.29. The van der Waals surface area contributed by atoms with Crippen LogP contribution in [0.15, 0.2) is 34.4 Å². The molecule has 35 heavy (non-hydrogen) atoms. The molecule has 3 aromatic rings. The fourth-order valence-corrected chi connectivity index (χ4v) is 5.81. The fraction of sp³-hybridized carbons (Fsp3) is 0.435. The number of carbonyl (C=O) groups excluding carboxylic acids is 1. The van der Waals surface area contributed by atoms with Crippen LogP contribution in [0.4, 0.5) is 0 Å². The van der Waals surface area contributed by atoms with Gasteiger partial charge in [0.2, 0.25) is 15.8 Å². The third-order valence-electron chi connectivity index (χ3n) is 5.98. The van der Waals surface area contributed by atoms with Crippen molar-refractivity contribution >= 4 is 37.5 Å². The lowest BCUT2D eigenvalue weighted by atomic mass is 9.99. The maximum atomic E-state index is 12.7. The van der Waals surface area contributed by atoms with Gasteiger partial charge in [0.1, 0.15) is 10.6 Å². The summed E-state index contributed by atoms with van der Waals surface area (Å²) in [7, 11) is -1.57. The average molecular weight is 521 g/mol. The first-order chi connectivity index (χ1) is 16.7. The number of ether oxygens (including phenoxy) is 2. The normalized spacial score (nSPS) is 15.4. The second-order valence-corrected chi connectivity index (χ2v) is 11.4. The Morgan fingerprint density at radius 2 is 2.09 bits per heavy atom. The molecule has 0 radical (unpaired) electrons. The molecule has 1 aromatic carbocycles. The number of amides is 1. The fourth-order valence-electron chi connectivity index (χ4n) is 4.01. The van der Waals surface area contributed by atoms with Crippen molar-refractivity contribution in [2.24, 2.45) is 5.92 Å². The number of piperidine rings is 1. The SMILES string of the molecule is COc1cccc(CNC(=O)c2nc3scc(COCC4CCN(S(C)(=O)=O)CC4)c3c(=O)[nH]2)c1. The molecule has 3 heterocycles. The molecule has 2 aromatic heterocycles. The van der Waals surface area contributed by atoms with Gasteiger partial charge in [0, 0.05) is 31.8 Å². The van der Waals surface area contributed by atoms with E-state index >= 15 is 0 Å². The van der Waals surface area contributed by atoms with E-state index in [1.54, 1.807) is 7.11 Å².